The molecule has 7 heteroatoms. The number of carbonyl (C=O) groups excluding carboxylic acids is 2. The summed E-state index contributed by atoms with van der Waals surface area (Å²) in [7, 11) is 0. The summed E-state index contributed by atoms with van der Waals surface area (Å²) in [6, 6.07) is 16.8. The van der Waals surface area contributed by atoms with Gasteiger partial charge in [0.05, 0.1) is 23.4 Å². The highest BCUT2D eigenvalue weighted by Gasteiger charge is 2.48. The van der Waals surface area contributed by atoms with Crippen molar-refractivity contribution in [2.24, 2.45) is 5.92 Å². The van der Waals surface area contributed by atoms with Crippen LogP contribution in [0.5, 0.6) is 0 Å². The van der Waals surface area contributed by atoms with Crippen molar-refractivity contribution in [2.75, 3.05) is 5.32 Å². The Hall–Kier alpha value is -3.92. The second kappa shape index (κ2) is 7.40. The fraction of sp³-hybridized carbons (Fsp3) is 0.250. The summed E-state index contributed by atoms with van der Waals surface area (Å²) in [6.07, 6.45) is 5.87. The Bertz CT molecular complexity index is 1220. The van der Waals surface area contributed by atoms with E-state index in [1.165, 1.54) is 0 Å². The number of anilines is 1. The number of esters is 1. The van der Waals surface area contributed by atoms with Gasteiger partial charge in [0, 0.05) is 17.2 Å². The molecule has 0 atom stereocenters. The Morgan fingerprint density at radius 2 is 2.00 bits per heavy atom. The molecule has 0 saturated heterocycles. The fourth-order valence-corrected chi connectivity index (χ4v) is 4.56. The molecule has 5 rings (SSSR count). The van der Waals surface area contributed by atoms with Crippen LogP contribution in [0.4, 0.5) is 5.82 Å². The molecule has 0 bridgehead atoms. The highest BCUT2D eigenvalue weighted by molar-refractivity contribution is 5.95. The van der Waals surface area contributed by atoms with E-state index in [0.717, 1.165) is 11.3 Å². The number of nitrogens with zero attached hydrogens (tertiary/aromatic N) is 3. The average molecular weight is 412 g/mol. The minimum atomic E-state index is -0.599. The van der Waals surface area contributed by atoms with Crippen molar-refractivity contribution < 1.29 is 14.3 Å². The van der Waals surface area contributed by atoms with Crippen molar-refractivity contribution >= 4 is 17.7 Å². The van der Waals surface area contributed by atoms with Crippen LogP contribution in [0.3, 0.4) is 0 Å². The van der Waals surface area contributed by atoms with Gasteiger partial charge in [-0.3, -0.25) is 4.79 Å². The van der Waals surface area contributed by atoms with Gasteiger partial charge >= 0.3 is 5.97 Å². The van der Waals surface area contributed by atoms with Crippen LogP contribution in [0.15, 0.2) is 61.1 Å². The number of fused-ring (bicyclic) bond motifs is 2. The average Bonchev–Trinajstić information content (AvgIpc) is 3.38. The fourth-order valence-electron chi connectivity index (χ4n) is 4.56. The van der Waals surface area contributed by atoms with Crippen LogP contribution in [-0.2, 0) is 15.1 Å². The lowest BCUT2D eigenvalue weighted by molar-refractivity contribution is -0.122. The summed E-state index contributed by atoms with van der Waals surface area (Å²) in [4.78, 5) is 29.3. The van der Waals surface area contributed by atoms with Gasteiger partial charge < -0.3 is 14.6 Å². The second-order valence-corrected chi connectivity index (χ2v) is 8.02. The Labute approximate surface area is 179 Å². The van der Waals surface area contributed by atoms with Crippen molar-refractivity contribution in [3.8, 4) is 11.8 Å². The van der Waals surface area contributed by atoms with Crippen molar-refractivity contribution in [2.45, 2.75) is 31.3 Å². The van der Waals surface area contributed by atoms with Gasteiger partial charge in [0.15, 0.2) is 5.82 Å². The molecule has 7 nitrogen and oxygen atoms in total. The molecule has 3 aromatic rings. The van der Waals surface area contributed by atoms with Gasteiger partial charge in [0.1, 0.15) is 11.9 Å². The monoisotopic (exact) mass is 412 g/mol. The number of carbonyl (C=O) groups is 2. The van der Waals surface area contributed by atoms with E-state index in [4.69, 9.17) is 10.00 Å². The molecule has 1 aromatic heterocycles. The van der Waals surface area contributed by atoms with E-state index in [9.17, 15) is 9.59 Å². The third-order valence-corrected chi connectivity index (χ3v) is 6.20. The third kappa shape index (κ3) is 3.36. The number of imidazole rings is 1. The maximum Gasteiger partial charge on any atom is 0.339 e. The van der Waals surface area contributed by atoms with Crippen LogP contribution in [0.1, 0.15) is 47.2 Å². The molecule has 0 radical (unpaired) electrons. The zero-order valence-corrected chi connectivity index (χ0v) is 16.7. The molecule has 1 amide bonds. The first-order chi connectivity index (χ1) is 15.1. The number of aromatic nitrogens is 2. The summed E-state index contributed by atoms with van der Waals surface area (Å²) in [5.74, 6) is -0.0533. The molecule has 1 fully saturated rings. The van der Waals surface area contributed by atoms with Gasteiger partial charge in [0.25, 0.3) is 0 Å². The molecular formula is C24H20N4O3. The second-order valence-electron chi connectivity index (χ2n) is 8.02. The Morgan fingerprint density at radius 1 is 1.19 bits per heavy atom. The van der Waals surface area contributed by atoms with Crippen molar-refractivity contribution in [1.29, 1.82) is 5.26 Å². The number of ether oxygens (including phenoxy) is 1. The maximum absolute atomic E-state index is 12.8. The predicted octanol–water partition coefficient (Wildman–Crippen LogP) is 3.94. The molecule has 2 aromatic carbocycles. The van der Waals surface area contributed by atoms with E-state index in [1.54, 1.807) is 41.4 Å². The molecule has 1 N–H and O–H groups in total. The zero-order valence-electron chi connectivity index (χ0n) is 16.7. The first-order valence-corrected chi connectivity index (χ1v) is 10.3. The largest absolute Gasteiger partial charge is 0.451 e. The number of nitriles is 1. The highest BCUT2D eigenvalue weighted by atomic mass is 16.6. The van der Waals surface area contributed by atoms with Crippen LogP contribution in [0.2, 0.25) is 0 Å². The first-order valence-electron chi connectivity index (χ1n) is 10.3. The summed E-state index contributed by atoms with van der Waals surface area (Å²) < 4.78 is 7.53. The van der Waals surface area contributed by atoms with Gasteiger partial charge in [-0.1, -0.05) is 24.3 Å². The zero-order chi connectivity index (χ0) is 21.4. The molecule has 2 heterocycles. The minimum absolute atomic E-state index is 0.0801. The Balaban J connectivity index is 1.25. The predicted molar refractivity (Wildman–Crippen MR) is 112 cm³/mol. The van der Waals surface area contributed by atoms with E-state index in [-0.39, 0.29) is 17.8 Å². The first kappa shape index (κ1) is 19.1. The molecule has 1 aliphatic heterocycles. The van der Waals surface area contributed by atoms with E-state index >= 15 is 0 Å². The van der Waals surface area contributed by atoms with E-state index in [0.29, 0.717) is 42.6 Å². The molecule has 0 unspecified atom stereocenters. The van der Waals surface area contributed by atoms with Crippen molar-refractivity contribution in [3.63, 3.8) is 0 Å². The van der Waals surface area contributed by atoms with Gasteiger partial charge in [0.2, 0.25) is 5.91 Å². The maximum atomic E-state index is 12.8. The van der Waals surface area contributed by atoms with E-state index in [1.807, 2.05) is 24.3 Å². The topological polar surface area (TPSA) is 97.0 Å². The van der Waals surface area contributed by atoms with Crippen LogP contribution in [-0.4, -0.2) is 21.4 Å². The summed E-state index contributed by atoms with van der Waals surface area (Å²) in [5, 5.41) is 12.0. The molecule has 1 aliphatic carbocycles. The Kier molecular flexibility index (Phi) is 4.55. The van der Waals surface area contributed by atoms with Crippen LogP contribution in [0, 0.1) is 17.2 Å². The number of amides is 1. The lowest BCUT2D eigenvalue weighted by Crippen LogP contribution is -2.36. The lowest BCUT2D eigenvalue weighted by atomic mass is 9.74. The van der Waals surface area contributed by atoms with Crippen molar-refractivity contribution in [3.05, 3.63) is 77.7 Å². The summed E-state index contributed by atoms with van der Waals surface area (Å²) >= 11 is 0. The summed E-state index contributed by atoms with van der Waals surface area (Å²) in [6.45, 7) is 0. The smallest absolute Gasteiger partial charge is 0.339 e. The highest BCUT2D eigenvalue weighted by Crippen LogP contribution is 2.48. The minimum Gasteiger partial charge on any atom is -0.451 e. The Morgan fingerprint density at radius 3 is 2.81 bits per heavy atom. The summed E-state index contributed by atoms with van der Waals surface area (Å²) in [5.41, 5.74) is 2.33. The van der Waals surface area contributed by atoms with E-state index in [2.05, 4.69) is 16.4 Å². The standard InChI is InChI=1S/C24H20N4O3/c25-13-16-4-3-5-18(12-16)28-14-21(26-15-28)27-22(29)17-8-10-24(11-9-17)20-7-2-1-6-19(20)23(30)31-24/h1-7,12,14-15,17H,8-11H2,(H,27,29)/t17-,24-. The molecule has 154 valence electrons. The molecular weight excluding hydrogens is 392 g/mol. The number of benzene rings is 2. The number of hydrogen-bond acceptors (Lipinski definition) is 5. The van der Waals surface area contributed by atoms with E-state index < -0.39 is 5.60 Å². The lowest BCUT2D eigenvalue weighted by Gasteiger charge is -2.35. The van der Waals surface area contributed by atoms with Gasteiger partial charge in [-0.15, -0.1) is 0 Å². The molecule has 2 aliphatic rings. The number of nitrogens with one attached hydrogen (secondary N) is 1. The van der Waals surface area contributed by atoms with Crippen LogP contribution >= 0.6 is 0 Å². The van der Waals surface area contributed by atoms with Crippen LogP contribution < -0.4 is 5.32 Å². The van der Waals surface area contributed by atoms with Gasteiger partial charge in [-0.25, -0.2) is 9.78 Å². The quantitative estimate of drug-likeness (QED) is 0.657. The molecule has 31 heavy (non-hydrogen) atoms. The molecule has 1 saturated carbocycles. The third-order valence-electron chi connectivity index (χ3n) is 6.20. The van der Waals surface area contributed by atoms with Gasteiger partial charge in [-0.2, -0.15) is 5.26 Å². The molecule has 1 spiro atoms. The van der Waals surface area contributed by atoms with Gasteiger partial charge in [-0.05, 0) is 49.9 Å². The number of hydrogen-bond donors (Lipinski definition) is 1. The van der Waals surface area contributed by atoms with Crippen molar-refractivity contribution in [1.82, 2.24) is 9.55 Å². The van der Waals surface area contributed by atoms with Crippen LogP contribution in [0.25, 0.3) is 5.69 Å². The number of rotatable bonds is 3. The normalized spacial score (nSPS) is 21.9. The SMILES string of the molecule is N#Cc1cccc(-n2cnc(NC(=O)[C@H]3CC[C@@]4(CC3)OC(=O)c3ccccc34)c2)c1.